The van der Waals surface area contributed by atoms with Crippen molar-refractivity contribution in [2.45, 2.75) is 45.3 Å². The van der Waals surface area contributed by atoms with Crippen LogP contribution in [0.1, 0.15) is 31.9 Å². The third kappa shape index (κ3) is 7.93. The molecule has 2 amide bonds. The molecule has 202 valence electrons. The summed E-state index contributed by atoms with van der Waals surface area (Å²) in [5.41, 5.74) is 1.43. The zero-order valence-electron chi connectivity index (χ0n) is 22.3. The van der Waals surface area contributed by atoms with Crippen LogP contribution in [0.15, 0.2) is 99.9 Å². The van der Waals surface area contributed by atoms with E-state index in [1.165, 1.54) is 0 Å². The van der Waals surface area contributed by atoms with Gasteiger partial charge in [-0.1, -0.05) is 88.7 Å². The lowest BCUT2D eigenvalue weighted by Gasteiger charge is -2.33. The summed E-state index contributed by atoms with van der Waals surface area (Å²) in [5, 5.41) is 5.16. The number of ether oxygens (including phenoxy) is 1. The highest BCUT2D eigenvalue weighted by molar-refractivity contribution is 9.11. The summed E-state index contributed by atoms with van der Waals surface area (Å²) >= 11 is 7.12. The molecule has 4 aromatic carbocycles. The summed E-state index contributed by atoms with van der Waals surface area (Å²) in [5.74, 6) is 0.0936. The quantitative estimate of drug-likeness (QED) is 0.207. The fraction of sp³-hybridized carbons (Fsp3) is 0.250. The van der Waals surface area contributed by atoms with E-state index in [9.17, 15) is 9.59 Å². The molecule has 1 N–H and O–H groups in total. The standard InChI is InChI=1S/C32H32Br2N2O3/c1-32(2,3)35-31(38)27(19-22-9-5-4-6-10-22)36(20-23-13-16-25(33)17-14-23)29(37)21-39-28-18-15-24-11-7-8-12-26(24)30(28)34/h4-18,27H,19-21H2,1-3H3,(H,35,38). The average Bonchev–Trinajstić information content (AvgIpc) is 2.91. The Hall–Kier alpha value is -3.16. The van der Waals surface area contributed by atoms with E-state index in [-0.39, 0.29) is 25.0 Å². The molecule has 0 radical (unpaired) electrons. The van der Waals surface area contributed by atoms with Gasteiger partial charge < -0.3 is 15.0 Å². The van der Waals surface area contributed by atoms with Crippen LogP contribution in [0.2, 0.25) is 0 Å². The third-order valence-electron chi connectivity index (χ3n) is 6.21. The minimum Gasteiger partial charge on any atom is -0.483 e. The number of rotatable bonds is 9. The van der Waals surface area contributed by atoms with Gasteiger partial charge in [0.05, 0.1) is 4.47 Å². The van der Waals surface area contributed by atoms with Gasteiger partial charge in [-0.25, -0.2) is 0 Å². The van der Waals surface area contributed by atoms with Crippen LogP contribution in [0, 0.1) is 0 Å². The molecule has 0 aromatic heterocycles. The van der Waals surface area contributed by atoms with Gasteiger partial charge in [0.2, 0.25) is 5.91 Å². The van der Waals surface area contributed by atoms with Crippen LogP contribution in [-0.2, 0) is 22.6 Å². The van der Waals surface area contributed by atoms with Gasteiger partial charge in [-0.15, -0.1) is 0 Å². The predicted octanol–water partition coefficient (Wildman–Crippen LogP) is 7.30. The number of nitrogens with zero attached hydrogens (tertiary/aromatic N) is 1. The Morgan fingerprint density at radius 2 is 1.51 bits per heavy atom. The van der Waals surface area contributed by atoms with E-state index in [2.05, 4.69) is 37.2 Å². The van der Waals surface area contributed by atoms with Gasteiger partial charge in [-0.3, -0.25) is 9.59 Å². The molecular formula is C32H32Br2N2O3. The first kappa shape index (κ1) is 28.8. The molecule has 39 heavy (non-hydrogen) atoms. The second-order valence-electron chi connectivity index (χ2n) is 10.5. The van der Waals surface area contributed by atoms with Crippen molar-refractivity contribution in [1.82, 2.24) is 10.2 Å². The summed E-state index contributed by atoms with van der Waals surface area (Å²) in [6, 6.07) is 28.6. The van der Waals surface area contributed by atoms with E-state index < -0.39 is 11.6 Å². The maximum absolute atomic E-state index is 13.9. The van der Waals surface area contributed by atoms with Crippen molar-refractivity contribution in [2.24, 2.45) is 0 Å². The maximum atomic E-state index is 13.9. The zero-order chi connectivity index (χ0) is 28.0. The van der Waals surface area contributed by atoms with Crippen LogP contribution in [0.5, 0.6) is 5.75 Å². The lowest BCUT2D eigenvalue weighted by atomic mass is 10.0. The van der Waals surface area contributed by atoms with Gasteiger partial charge >= 0.3 is 0 Å². The zero-order valence-corrected chi connectivity index (χ0v) is 25.5. The van der Waals surface area contributed by atoms with Crippen LogP contribution in [-0.4, -0.2) is 34.9 Å². The van der Waals surface area contributed by atoms with E-state index in [1.807, 2.05) is 112 Å². The van der Waals surface area contributed by atoms with E-state index in [0.717, 1.165) is 30.8 Å². The molecule has 7 heteroatoms. The molecular weight excluding hydrogens is 620 g/mol. The van der Waals surface area contributed by atoms with Crippen molar-refractivity contribution in [3.63, 3.8) is 0 Å². The number of halogens is 2. The summed E-state index contributed by atoms with van der Waals surface area (Å²) in [6.45, 7) is 5.87. The molecule has 0 saturated carbocycles. The van der Waals surface area contributed by atoms with Crippen LogP contribution in [0.25, 0.3) is 10.8 Å². The minimum absolute atomic E-state index is 0.205. The summed E-state index contributed by atoms with van der Waals surface area (Å²) in [7, 11) is 0. The molecule has 0 fully saturated rings. The molecule has 0 heterocycles. The van der Waals surface area contributed by atoms with Crippen LogP contribution < -0.4 is 10.1 Å². The lowest BCUT2D eigenvalue weighted by Crippen LogP contribution is -2.55. The molecule has 0 bridgehead atoms. The third-order valence-corrected chi connectivity index (χ3v) is 7.56. The molecule has 4 aromatic rings. The minimum atomic E-state index is -0.730. The largest absolute Gasteiger partial charge is 0.483 e. The SMILES string of the molecule is CC(C)(C)NC(=O)C(Cc1ccccc1)N(Cc1ccc(Br)cc1)C(=O)COc1ccc2ccccc2c1Br. The smallest absolute Gasteiger partial charge is 0.261 e. The highest BCUT2D eigenvalue weighted by Crippen LogP contribution is 2.33. The summed E-state index contributed by atoms with van der Waals surface area (Å²) < 4.78 is 7.78. The number of amides is 2. The lowest BCUT2D eigenvalue weighted by molar-refractivity contribution is -0.143. The van der Waals surface area contributed by atoms with Gasteiger partial charge in [0.15, 0.2) is 6.61 Å². The Labute approximate surface area is 246 Å². The maximum Gasteiger partial charge on any atom is 0.261 e. The molecule has 1 unspecified atom stereocenters. The highest BCUT2D eigenvalue weighted by atomic mass is 79.9. The number of hydrogen-bond donors (Lipinski definition) is 1. The van der Waals surface area contributed by atoms with Crippen LogP contribution >= 0.6 is 31.9 Å². The number of carbonyl (C=O) groups is 2. The molecule has 1 atom stereocenters. The van der Waals surface area contributed by atoms with Crippen molar-refractivity contribution in [2.75, 3.05) is 6.61 Å². The summed E-state index contributed by atoms with van der Waals surface area (Å²) in [4.78, 5) is 29.2. The molecule has 0 saturated heterocycles. The highest BCUT2D eigenvalue weighted by Gasteiger charge is 2.32. The second-order valence-corrected chi connectivity index (χ2v) is 12.2. The molecule has 0 spiro atoms. The molecule has 5 nitrogen and oxygen atoms in total. The molecule has 4 rings (SSSR count). The first-order valence-electron chi connectivity index (χ1n) is 12.8. The van der Waals surface area contributed by atoms with E-state index >= 15 is 0 Å². The fourth-order valence-corrected chi connectivity index (χ4v) is 5.21. The van der Waals surface area contributed by atoms with Gasteiger partial charge in [-0.2, -0.15) is 0 Å². The summed E-state index contributed by atoms with van der Waals surface area (Å²) in [6.07, 6.45) is 0.380. The molecule has 0 aliphatic rings. The Balaban J connectivity index is 1.65. The molecule has 0 aliphatic heterocycles. The first-order chi connectivity index (χ1) is 18.6. The average molecular weight is 652 g/mol. The predicted molar refractivity (Wildman–Crippen MR) is 164 cm³/mol. The number of carbonyl (C=O) groups excluding carboxylic acids is 2. The second kappa shape index (κ2) is 12.8. The fourth-order valence-electron chi connectivity index (χ4n) is 4.34. The van der Waals surface area contributed by atoms with E-state index in [0.29, 0.717) is 12.2 Å². The van der Waals surface area contributed by atoms with E-state index in [1.54, 1.807) is 4.90 Å². The van der Waals surface area contributed by atoms with Crippen LogP contribution in [0.4, 0.5) is 0 Å². The Bertz CT molecular complexity index is 1430. The normalized spacial score (nSPS) is 12.1. The van der Waals surface area contributed by atoms with Gasteiger partial charge in [0.25, 0.3) is 5.91 Å². The Morgan fingerprint density at radius 1 is 0.846 bits per heavy atom. The van der Waals surface area contributed by atoms with Crippen LogP contribution in [0.3, 0.4) is 0 Å². The van der Waals surface area contributed by atoms with Crippen molar-refractivity contribution >= 4 is 54.4 Å². The number of benzene rings is 4. The van der Waals surface area contributed by atoms with Gasteiger partial charge in [0.1, 0.15) is 11.8 Å². The Morgan fingerprint density at radius 3 is 2.21 bits per heavy atom. The first-order valence-corrected chi connectivity index (χ1v) is 14.4. The van der Waals surface area contributed by atoms with Crippen molar-refractivity contribution in [3.8, 4) is 5.75 Å². The number of nitrogens with one attached hydrogen (secondary N) is 1. The monoisotopic (exact) mass is 650 g/mol. The number of hydrogen-bond acceptors (Lipinski definition) is 3. The van der Waals surface area contributed by atoms with Gasteiger partial charge in [0, 0.05) is 23.0 Å². The van der Waals surface area contributed by atoms with Crippen molar-refractivity contribution < 1.29 is 14.3 Å². The Kier molecular flexibility index (Phi) is 9.46. The van der Waals surface area contributed by atoms with Gasteiger partial charge in [-0.05, 0) is 76.8 Å². The van der Waals surface area contributed by atoms with Crippen molar-refractivity contribution in [3.05, 3.63) is 111 Å². The molecule has 0 aliphatic carbocycles. The number of fused-ring (bicyclic) bond motifs is 1. The van der Waals surface area contributed by atoms with E-state index in [4.69, 9.17) is 4.74 Å². The topological polar surface area (TPSA) is 58.6 Å². The van der Waals surface area contributed by atoms with Crippen molar-refractivity contribution in [1.29, 1.82) is 0 Å².